The summed E-state index contributed by atoms with van der Waals surface area (Å²) in [6.45, 7) is 2.55. The number of carbonyl (C=O) groups is 1. The van der Waals surface area contributed by atoms with Crippen molar-refractivity contribution in [2.75, 3.05) is 31.1 Å². The van der Waals surface area contributed by atoms with E-state index in [1.165, 1.54) is 31.7 Å². The number of anilines is 1. The highest BCUT2D eigenvalue weighted by Gasteiger charge is 2.41. The third kappa shape index (κ3) is 3.53. The number of hydrogen-bond acceptors (Lipinski definition) is 2. The molecule has 1 aliphatic heterocycles. The fraction of sp³-hybridized carbons (Fsp3) is 0.684. The normalized spacial score (nSPS) is 28.7. The molecule has 1 aromatic rings. The Hall–Kier alpha value is -1.79. The van der Waals surface area contributed by atoms with E-state index in [0.717, 1.165) is 24.1 Å². The van der Waals surface area contributed by atoms with E-state index in [1.807, 2.05) is 9.80 Å². The van der Waals surface area contributed by atoms with E-state index >= 15 is 0 Å². The number of nitrogens with zero attached hydrogens (tertiary/aromatic N) is 2. The SMILES string of the molecule is O=C(C[C@@H]1C[C@H]2CC[C@@H]1C2)N1CCN(c2ccc(C(F)(F)F)c[nH+]2)CC1. The standard InChI is InChI=1S/C19H24F3N3O/c20-19(21,22)16-3-4-17(23-12-16)24-5-7-25(8-6-24)18(26)11-15-10-13-1-2-14(15)9-13/h3-4,12-15H,1-2,5-11H2/p+1/t13-,14+,15-/m0/s1. The Morgan fingerprint density at radius 1 is 1.12 bits per heavy atom. The van der Waals surface area contributed by atoms with E-state index in [2.05, 4.69) is 4.98 Å². The average Bonchev–Trinajstić information content (AvgIpc) is 3.24. The molecule has 142 valence electrons. The van der Waals surface area contributed by atoms with Crippen molar-refractivity contribution in [1.82, 2.24) is 4.90 Å². The molecule has 1 amide bonds. The zero-order valence-corrected chi connectivity index (χ0v) is 14.8. The van der Waals surface area contributed by atoms with Gasteiger partial charge < -0.3 is 4.90 Å². The van der Waals surface area contributed by atoms with Crippen LogP contribution in [0.25, 0.3) is 0 Å². The highest BCUT2D eigenvalue weighted by atomic mass is 19.4. The average molecular weight is 368 g/mol. The van der Waals surface area contributed by atoms with Crippen molar-refractivity contribution >= 4 is 11.7 Å². The third-order valence-electron chi connectivity index (χ3n) is 6.42. The summed E-state index contributed by atoms with van der Waals surface area (Å²) in [5.74, 6) is 3.09. The number of halogens is 3. The Kier molecular flexibility index (Phi) is 4.57. The molecule has 4 rings (SSSR count). The lowest BCUT2D eigenvalue weighted by Gasteiger charge is -2.32. The second-order valence-electron chi connectivity index (χ2n) is 7.97. The van der Waals surface area contributed by atoms with Gasteiger partial charge in [-0.15, -0.1) is 0 Å². The van der Waals surface area contributed by atoms with Crippen LogP contribution >= 0.6 is 0 Å². The Balaban J connectivity index is 1.29. The molecule has 0 spiro atoms. The van der Waals surface area contributed by atoms with Crippen molar-refractivity contribution in [2.24, 2.45) is 17.8 Å². The summed E-state index contributed by atoms with van der Waals surface area (Å²) in [5.41, 5.74) is -0.680. The maximum atomic E-state index is 12.6. The van der Waals surface area contributed by atoms with E-state index < -0.39 is 11.7 Å². The molecule has 2 bridgehead atoms. The fourth-order valence-electron chi connectivity index (χ4n) is 4.97. The third-order valence-corrected chi connectivity index (χ3v) is 6.42. The Morgan fingerprint density at radius 3 is 2.42 bits per heavy atom. The molecular formula is C19H25F3N3O+. The number of aromatic amines is 1. The zero-order chi connectivity index (χ0) is 18.3. The van der Waals surface area contributed by atoms with Gasteiger partial charge in [-0.3, -0.25) is 9.69 Å². The van der Waals surface area contributed by atoms with Gasteiger partial charge in [0, 0.05) is 12.5 Å². The Bertz CT molecular complexity index is 653. The number of H-pyrrole nitrogens is 1. The smallest absolute Gasteiger partial charge is 0.335 e. The lowest BCUT2D eigenvalue weighted by molar-refractivity contribution is -0.367. The number of piperazine rings is 1. The van der Waals surface area contributed by atoms with Gasteiger partial charge in [0.15, 0.2) is 0 Å². The number of nitrogens with one attached hydrogen (secondary N) is 1. The first kappa shape index (κ1) is 17.6. The molecule has 26 heavy (non-hydrogen) atoms. The molecule has 0 unspecified atom stereocenters. The lowest BCUT2D eigenvalue weighted by atomic mass is 9.86. The van der Waals surface area contributed by atoms with Crippen LogP contribution in [-0.4, -0.2) is 37.0 Å². The molecule has 1 saturated heterocycles. The highest BCUT2D eigenvalue weighted by molar-refractivity contribution is 5.76. The molecule has 3 fully saturated rings. The van der Waals surface area contributed by atoms with E-state index in [9.17, 15) is 18.0 Å². The number of alkyl halides is 3. The Morgan fingerprint density at radius 2 is 1.88 bits per heavy atom. The maximum Gasteiger partial charge on any atom is 0.419 e. The molecule has 3 atom stereocenters. The van der Waals surface area contributed by atoms with Crippen LogP contribution in [0.2, 0.25) is 0 Å². The number of fused-ring (bicyclic) bond motifs is 2. The van der Waals surface area contributed by atoms with Crippen LogP contribution < -0.4 is 9.88 Å². The number of hydrogen-bond donors (Lipinski definition) is 0. The summed E-state index contributed by atoms with van der Waals surface area (Å²) in [6.07, 6.45) is 2.51. The first-order valence-corrected chi connectivity index (χ1v) is 9.52. The number of pyridine rings is 1. The van der Waals surface area contributed by atoms with Gasteiger partial charge in [-0.05, 0) is 43.1 Å². The molecule has 4 nitrogen and oxygen atoms in total. The molecule has 2 saturated carbocycles. The van der Waals surface area contributed by atoms with Crippen LogP contribution in [0.1, 0.15) is 37.7 Å². The van der Waals surface area contributed by atoms with Crippen molar-refractivity contribution in [1.29, 1.82) is 0 Å². The molecule has 0 radical (unpaired) electrons. The summed E-state index contributed by atoms with van der Waals surface area (Å²) in [7, 11) is 0. The molecular weight excluding hydrogens is 343 g/mol. The summed E-state index contributed by atoms with van der Waals surface area (Å²) >= 11 is 0. The van der Waals surface area contributed by atoms with Gasteiger partial charge in [0.25, 0.3) is 5.82 Å². The number of rotatable bonds is 3. The maximum absolute atomic E-state index is 12.6. The minimum Gasteiger partial charge on any atom is -0.335 e. The summed E-state index contributed by atoms with van der Waals surface area (Å²) in [4.78, 5) is 19.3. The largest absolute Gasteiger partial charge is 0.419 e. The second-order valence-corrected chi connectivity index (χ2v) is 7.97. The van der Waals surface area contributed by atoms with Gasteiger partial charge in [-0.25, -0.2) is 4.98 Å². The summed E-state index contributed by atoms with van der Waals surface area (Å²) in [6, 6.07) is 2.56. The quantitative estimate of drug-likeness (QED) is 0.823. The van der Waals surface area contributed by atoms with Crippen molar-refractivity contribution in [2.45, 2.75) is 38.3 Å². The van der Waals surface area contributed by atoms with Gasteiger partial charge in [0.05, 0.1) is 18.7 Å². The molecule has 1 aromatic heterocycles. The van der Waals surface area contributed by atoms with Gasteiger partial charge in [-0.1, -0.05) is 6.42 Å². The van der Waals surface area contributed by atoms with Gasteiger partial charge >= 0.3 is 6.18 Å². The van der Waals surface area contributed by atoms with Gasteiger partial charge in [0.1, 0.15) is 19.3 Å². The monoisotopic (exact) mass is 368 g/mol. The lowest BCUT2D eigenvalue weighted by Crippen LogP contribution is -2.50. The van der Waals surface area contributed by atoms with Crippen LogP contribution in [0, 0.1) is 17.8 Å². The van der Waals surface area contributed by atoms with Crippen LogP contribution in [0.4, 0.5) is 19.0 Å². The zero-order valence-electron chi connectivity index (χ0n) is 14.8. The first-order valence-electron chi connectivity index (χ1n) is 9.52. The van der Waals surface area contributed by atoms with Gasteiger partial charge in [0.2, 0.25) is 5.91 Å². The van der Waals surface area contributed by atoms with Crippen LogP contribution in [0.5, 0.6) is 0 Å². The fourth-order valence-corrected chi connectivity index (χ4v) is 4.97. The van der Waals surface area contributed by atoms with Crippen LogP contribution in [0.15, 0.2) is 18.3 Å². The van der Waals surface area contributed by atoms with Crippen LogP contribution in [-0.2, 0) is 11.0 Å². The van der Waals surface area contributed by atoms with Crippen molar-refractivity contribution in [3.63, 3.8) is 0 Å². The first-order chi connectivity index (χ1) is 12.4. The van der Waals surface area contributed by atoms with E-state index in [4.69, 9.17) is 0 Å². The number of amides is 1. The molecule has 7 heteroatoms. The minimum absolute atomic E-state index is 0.249. The molecule has 1 N–H and O–H groups in total. The predicted octanol–water partition coefficient (Wildman–Crippen LogP) is 2.99. The Labute approximate surface area is 151 Å². The summed E-state index contributed by atoms with van der Waals surface area (Å²) < 4.78 is 37.9. The van der Waals surface area contributed by atoms with Crippen LogP contribution in [0.3, 0.4) is 0 Å². The molecule has 3 aliphatic rings. The van der Waals surface area contributed by atoms with Crippen molar-refractivity contribution in [3.8, 4) is 0 Å². The van der Waals surface area contributed by atoms with E-state index in [1.54, 1.807) is 0 Å². The van der Waals surface area contributed by atoms with Gasteiger partial charge in [-0.2, -0.15) is 13.2 Å². The van der Waals surface area contributed by atoms with E-state index in [0.29, 0.717) is 44.3 Å². The molecule has 2 aliphatic carbocycles. The minimum atomic E-state index is -4.33. The molecule has 2 heterocycles. The number of aromatic nitrogens is 1. The van der Waals surface area contributed by atoms with E-state index in [-0.39, 0.29) is 5.91 Å². The predicted molar refractivity (Wildman–Crippen MR) is 90.3 cm³/mol. The second kappa shape index (κ2) is 6.74. The molecule has 0 aromatic carbocycles. The highest BCUT2D eigenvalue weighted by Crippen LogP contribution is 2.49. The van der Waals surface area contributed by atoms with Crippen molar-refractivity contribution in [3.05, 3.63) is 23.9 Å². The topological polar surface area (TPSA) is 37.7 Å². The van der Waals surface area contributed by atoms with Crippen molar-refractivity contribution < 1.29 is 22.9 Å². The number of carbonyl (C=O) groups excluding carboxylic acids is 1. The summed E-state index contributed by atoms with van der Waals surface area (Å²) in [5, 5.41) is 0.